The third-order valence-corrected chi connectivity index (χ3v) is 0.936. The minimum atomic E-state index is 0. The first-order valence-electron chi connectivity index (χ1n) is 2.44. The van der Waals surface area contributed by atoms with E-state index in [0.717, 1.165) is 11.8 Å². The van der Waals surface area contributed by atoms with Gasteiger partial charge in [0.05, 0.1) is 0 Å². The molecular weight excluding hydrogens is 254 g/mol. The summed E-state index contributed by atoms with van der Waals surface area (Å²) in [5.74, 6) is 0. The zero-order valence-corrected chi connectivity index (χ0v) is 9.84. The van der Waals surface area contributed by atoms with Gasteiger partial charge >= 0.3 is 21.7 Å². The van der Waals surface area contributed by atoms with Crippen molar-refractivity contribution in [2.75, 3.05) is 0 Å². The third-order valence-electron chi connectivity index (χ3n) is 0.936. The van der Waals surface area contributed by atoms with E-state index >= 15 is 0 Å². The van der Waals surface area contributed by atoms with Crippen LogP contribution in [0.1, 0.15) is 10.4 Å². The van der Waals surface area contributed by atoms with Gasteiger partial charge in [-0.1, -0.05) is 30.3 Å². The Morgan fingerprint density at radius 1 is 0.917 bits per heavy atom. The fourth-order valence-corrected chi connectivity index (χ4v) is 0.532. The van der Waals surface area contributed by atoms with Gasteiger partial charge in [-0.15, -0.1) is 0 Å². The summed E-state index contributed by atoms with van der Waals surface area (Å²) in [6.07, 6.45) is 0.833. The van der Waals surface area contributed by atoms with Gasteiger partial charge in [-0.2, -0.15) is 0 Å². The molecule has 0 bridgehead atoms. The first kappa shape index (κ1) is 22.9. The third kappa shape index (κ3) is 8.57. The Balaban J connectivity index is -0.0000000800. The van der Waals surface area contributed by atoms with Crippen molar-refractivity contribution in [2.24, 2.45) is 0 Å². The van der Waals surface area contributed by atoms with Crippen LogP contribution in [-0.4, -0.2) is 6.29 Å². The number of hydrogen-bond acceptors (Lipinski definition) is 1. The van der Waals surface area contributed by atoms with Crippen molar-refractivity contribution >= 4 is 6.29 Å². The maximum Gasteiger partial charge on any atom is 3.00 e. The van der Waals surface area contributed by atoms with E-state index in [9.17, 15) is 4.79 Å². The Morgan fingerprint density at radius 3 is 1.58 bits per heavy atom. The summed E-state index contributed by atoms with van der Waals surface area (Å²) in [6.45, 7) is 0. The first-order chi connectivity index (χ1) is 3.93. The summed E-state index contributed by atoms with van der Waals surface area (Å²) in [4.78, 5) is 10.0. The van der Waals surface area contributed by atoms with E-state index in [1.54, 1.807) is 12.1 Å². The molecule has 0 heterocycles. The topological polar surface area (TPSA) is 17.1 Å². The number of carbonyl (C=O) groups excluding carboxylic acids is 1. The quantitative estimate of drug-likeness (QED) is 0.362. The Morgan fingerprint density at radius 2 is 1.33 bits per heavy atom. The van der Waals surface area contributed by atoms with Crippen LogP contribution in [0.2, 0.25) is 0 Å². The molecule has 0 aliphatic carbocycles. The average Bonchev–Trinajstić information content (AvgIpc) is 1.90. The monoisotopic (exact) mass is 259 g/mol. The summed E-state index contributed by atoms with van der Waals surface area (Å²) in [5, 5.41) is 0. The first-order valence-corrected chi connectivity index (χ1v) is 2.44. The van der Waals surface area contributed by atoms with Crippen molar-refractivity contribution < 1.29 is 63.7 Å². The molecule has 65 valence electrons. The largest absolute Gasteiger partial charge is 3.00 e. The normalized spacial score (nSPS) is 5.67. The number of aldehydes is 1. The van der Waals surface area contributed by atoms with Crippen molar-refractivity contribution in [2.45, 2.75) is 0 Å². The predicted molar refractivity (Wildman–Crippen MR) is 31.8 cm³/mol. The molecule has 0 fully saturated rings. The smallest absolute Gasteiger partial charge is 1.00 e. The Hall–Kier alpha value is 0.474. The van der Waals surface area contributed by atoms with Crippen molar-refractivity contribution in [3.8, 4) is 0 Å². The van der Waals surface area contributed by atoms with Gasteiger partial charge in [0.2, 0.25) is 0 Å². The van der Waals surface area contributed by atoms with Gasteiger partial charge in [0.1, 0.15) is 6.29 Å². The zero-order chi connectivity index (χ0) is 5.82. The number of hydrogen-bond donors (Lipinski definition) is 0. The van der Waals surface area contributed by atoms with Crippen LogP contribution in [0.25, 0.3) is 0 Å². The van der Waals surface area contributed by atoms with Crippen LogP contribution in [0, 0.1) is 0 Å². The molecule has 0 saturated carbocycles. The van der Waals surface area contributed by atoms with Gasteiger partial charge in [-0.3, -0.25) is 4.79 Å². The average molecular weight is 260 g/mol. The van der Waals surface area contributed by atoms with Crippen molar-refractivity contribution in [3.05, 3.63) is 35.9 Å². The van der Waals surface area contributed by atoms with Crippen molar-refractivity contribution in [1.29, 1.82) is 0 Å². The van der Waals surface area contributed by atoms with Crippen LogP contribution in [0.4, 0.5) is 0 Å². The minimum Gasteiger partial charge on any atom is -1.00 e. The van der Waals surface area contributed by atoms with Crippen LogP contribution >= 0.6 is 0 Å². The summed E-state index contributed by atoms with van der Waals surface area (Å²) in [5.41, 5.74) is 0.729. The Bertz CT molecular complexity index is 181. The van der Waals surface area contributed by atoms with Gasteiger partial charge in [0.25, 0.3) is 0 Å². The molecule has 0 spiro atoms. The second-order valence-corrected chi connectivity index (χ2v) is 1.53. The van der Waals surface area contributed by atoms with E-state index in [1.165, 1.54) is 0 Å². The molecule has 1 radical (unpaired) electrons. The number of benzene rings is 1. The SMILES string of the molecule is O=Cc1ccccc1.[Cl-].[Cl-].[Cl-].[Ti+3]. The molecule has 0 aliphatic heterocycles. The van der Waals surface area contributed by atoms with Crippen LogP contribution in [0.3, 0.4) is 0 Å². The molecule has 0 saturated heterocycles. The number of halogens is 3. The van der Waals surface area contributed by atoms with E-state index < -0.39 is 0 Å². The van der Waals surface area contributed by atoms with Gasteiger partial charge in [-0.05, 0) is 0 Å². The number of carbonyl (C=O) groups is 1. The molecule has 1 rings (SSSR count). The predicted octanol–water partition coefficient (Wildman–Crippen LogP) is -7.49. The van der Waals surface area contributed by atoms with Gasteiger partial charge in [0.15, 0.2) is 0 Å². The van der Waals surface area contributed by atoms with Crippen LogP contribution in [-0.2, 0) is 21.7 Å². The molecular formula is C7H6Cl3OTi. The molecule has 0 unspecified atom stereocenters. The summed E-state index contributed by atoms with van der Waals surface area (Å²) in [6, 6.07) is 9.10. The summed E-state index contributed by atoms with van der Waals surface area (Å²) < 4.78 is 0. The zero-order valence-electron chi connectivity index (χ0n) is 6.01. The molecule has 12 heavy (non-hydrogen) atoms. The van der Waals surface area contributed by atoms with Gasteiger partial charge in [-0.25, -0.2) is 0 Å². The molecule has 5 heteroatoms. The molecule has 1 nitrogen and oxygen atoms in total. The van der Waals surface area contributed by atoms with E-state index in [2.05, 4.69) is 0 Å². The fraction of sp³-hybridized carbons (Fsp3) is 0. The Labute approximate surface area is 105 Å². The second kappa shape index (κ2) is 14.0. The van der Waals surface area contributed by atoms with E-state index in [1.807, 2.05) is 18.2 Å². The molecule has 0 aliphatic rings. The number of rotatable bonds is 1. The molecule has 1 aromatic carbocycles. The summed E-state index contributed by atoms with van der Waals surface area (Å²) >= 11 is 0. The fourth-order valence-electron chi connectivity index (χ4n) is 0.532. The molecule has 0 aromatic heterocycles. The second-order valence-electron chi connectivity index (χ2n) is 1.53. The van der Waals surface area contributed by atoms with Crippen molar-refractivity contribution in [1.82, 2.24) is 0 Å². The van der Waals surface area contributed by atoms with Crippen LogP contribution in [0.5, 0.6) is 0 Å². The standard InChI is InChI=1S/C7H6O.3ClH.Ti/c8-6-7-4-2-1-3-5-7;;;;/h1-6H;3*1H;/q;;;;+3/p-3. The molecule has 0 N–H and O–H groups in total. The minimum absolute atomic E-state index is 0. The van der Waals surface area contributed by atoms with E-state index in [0.29, 0.717) is 0 Å². The van der Waals surface area contributed by atoms with E-state index in [4.69, 9.17) is 0 Å². The molecule has 0 atom stereocenters. The van der Waals surface area contributed by atoms with Gasteiger partial charge < -0.3 is 37.2 Å². The van der Waals surface area contributed by atoms with Crippen LogP contribution < -0.4 is 37.2 Å². The maximum absolute atomic E-state index is 10.0. The van der Waals surface area contributed by atoms with Crippen molar-refractivity contribution in [3.63, 3.8) is 0 Å². The Kier molecular flexibility index (Phi) is 26.7. The summed E-state index contributed by atoms with van der Waals surface area (Å²) in [7, 11) is 0. The maximum atomic E-state index is 10.0. The van der Waals surface area contributed by atoms with E-state index in [-0.39, 0.29) is 58.9 Å². The van der Waals surface area contributed by atoms with Crippen LogP contribution in [0.15, 0.2) is 30.3 Å². The molecule has 0 amide bonds. The van der Waals surface area contributed by atoms with Gasteiger partial charge in [0, 0.05) is 5.56 Å². The molecule has 1 aromatic rings.